The molecule has 5 nitrogen and oxygen atoms in total. The number of aliphatic hydroxyl groups excluding tert-OH is 1. The standard InChI is InChI=1S/C13H25NO4/c1-3-4-5-6-7-8-9-12(16)14-10-11(15)13(17)18-2/h11,15H,3-10H2,1-2H3,(H,14,16). The molecular weight excluding hydrogens is 234 g/mol. The zero-order valence-electron chi connectivity index (χ0n) is 11.4. The first-order valence-electron chi connectivity index (χ1n) is 6.64. The summed E-state index contributed by atoms with van der Waals surface area (Å²) in [6.45, 7) is 2.08. The summed E-state index contributed by atoms with van der Waals surface area (Å²) in [4.78, 5) is 22.2. The number of nitrogens with one attached hydrogen (secondary N) is 1. The Labute approximate surface area is 109 Å². The highest BCUT2D eigenvalue weighted by Crippen LogP contribution is 2.06. The lowest BCUT2D eigenvalue weighted by molar-refractivity contribution is -0.150. The summed E-state index contributed by atoms with van der Waals surface area (Å²) >= 11 is 0. The van der Waals surface area contributed by atoms with E-state index in [1.807, 2.05) is 0 Å². The molecule has 0 saturated heterocycles. The van der Waals surface area contributed by atoms with E-state index in [0.29, 0.717) is 6.42 Å². The van der Waals surface area contributed by atoms with Crippen molar-refractivity contribution in [3.05, 3.63) is 0 Å². The van der Waals surface area contributed by atoms with Gasteiger partial charge in [0.05, 0.1) is 13.7 Å². The van der Waals surface area contributed by atoms with Crippen LogP contribution in [-0.2, 0) is 14.3 Å². The second-order valence-corrected chi connectivity index (χ2v) is 4.36. The zero-order chi connectivity index (χ0) is 13.8. The predicted octanol–water partition coefficient (Wildman–Crippen LogP) is 1.39. The van der Waals surface area contributed by atoms with Crippen LogP contribution in [0, 0.1) is 0 Å². The van der Waals surface area contributed by atoms with Gasteiger partial charge in [-0.25, -0.2) is 4.79 Å². The third kappa shape index (κ3) is 8.98. The van der Waals surface area contributed by atoms with Gasteiger partial charge in [0.15, 0.2) is 6.10 Å². The van der Waals surface area contributed by atoms with Gasteiger partial charge >= 0.3 is 5.97 Å². The molecule has 0 aliphatic heterocycles. The second-order valence-electron chi connectivity index (χ2n) is 4.36. The first-order valence-corrected chi connectivity index (χ1v) is 6.64. The van der Waals surface area contributed by atoms with Crippen LogP contribution in [-0.4, -0.2) is 36.7 Å². The molecule has 1 amide bonds. The third-order valence-electron chi connectivity index (χ3n) is 2.72. The first-order chi connectivity index (χ1) is 8.61. The van der Waals surface area contributed by atoms with Crippen LogP contribution >= 0.6 is 0 Å². The van der Waals surface area contributed by atoms with Gasteiger partial charge in [0, 0.05) is 6.42 Å². The Morgan fingerprint density at radius 2 is 1.78 bits per heavy atom. The number of methoxy groups -OCH3 is 1. The number of amides is 1. The van der Waals surface area contributed by atoms with Crippen LogP contribution < -0.4 is 5.32 Å². The molecule has 0 saturated carbocycles. The van der Waals surface area contributed by atoms with Crippen molar-refractivity contribution in [2.24, 2.45) is 0 Å². The van der Waals surface area contributed by atoms with Gasteiger partial charge in [0.2, 0.25) is 5.91 Å². The van der Waals surface area contributed by atoms with Gasteiger partial charge in [0.1, 0.15) is 0 Å². The molecule has 0 aromatic heterocycles. The number of rotatable bonds is 10. The van der Waals surface area contributed by atoms with Gasteiger partial charge in [-0.1, -0.05) is 39.0 Å². The van der Waals surface area contributed by atoms with E-state index in [2.05, 4.69) is 17.0 Å². The lowest BCUT2D eigenvalue weighted by Gasteiger charge is -2.09. The lowest BCUT2D eigenvalue weighted by Crippen LogP contribution is -2.37. The Bertz CT molecular complexity index is 243. The van der Waals surface area contributed by atoms with Crippen LogP contribution in [0.3, 0.4) is 0 Å². The van der Waals surface area contributed by atoms with Crippen LogP contribution in [0.5, 0.6) is 0 Å². The molecule has 0 radical (unpaired) electrons. The molecule has 0 aromatic rings. The maximum absolute atomic E-state index is 11.4. The molecule has 2 N–H and O–H groups in total. The van der Waals surface area contributed by atoms with E-state index < -0.39 is 12.1 Å². The fourth-order valence-electron chi connectivity index (χ4n) is 1.58. The molecule has 18 heavy (non-hydrogen) atoms. The van der Waals surface area contributed by atoms with Crippen molar-refractivity contribution in [1.29, 1.82) is 0 Å². The molecule has 0 aliphatic rings. The maximum atomic E-state index is 11.4. The minimum Gasteiger partial charge on any atom is -0.467 e. The van der Waals surface area contributed by atoms with Gasteiger partial charge in [-0.2, -0.15) is 0 Å². The highest BCUT2D eigenvalue weighted by Gasteiger charge is 2.15. The maximum Gasteiger partial charge on any atom is 0.336 e. The van der Waals surface area contributed by atoms with Crippen LogP contribution in [0.2, 0.25) is 0 Å². The molecule has 0 spiro atoms. The molecule has 1 atom stereocenters. The van der Waals surface area contributed by atoms with Crippen LogP contribution in [0.1, 0.15) is 51.9 Å². The summed E-state index contributed by atoms with van der Waals surface area (Å²) in [6, 6.07) is 0. The summed E-state index contributed by atoms with van der Waals surface area (Å²) in [6.07, 6.45) is 5.91. The molecule has 1 unspecified atom stereocenters. The van der Waals surface area contributed by atoms with Crippen molar-refractivity contribution in [3.63, 3.8) is 0 Å². The molecule has 0 heterocycles. The predicted molar refractivity (Wildman–Crippen MR) is 69.0 cm³/mol. The molecule has 106 valence electrons. The Morgan fingerprint density at radius 3 is 2.39 bits per heavy atom. The smallest absolute Gasteiger partial charge is 0.336 e. The van der Waals surface area contributed by atoms with Crippen molar-refractivity contribution in [3.8, 4) is 0 Å². The summed E-state index contributed by atoms with van der Waals surface area (Å²) in [5.74, 6) is -0.858. The minimum absolute atomic E-state index is 0.0820. The van der Waals surface area contributed by atoms with Gasteiger partial charge in [-0.3, -0.25) is 4.79 Å². The van der Waals surface area contributed by atoms with Crippen LogP contribution in [0.4, 0.5) is 0 Å². The fourth-order valence-corrected chi connectivity index (χ4v) is 1.58. The number of ether oxygens (including phenoxy) is 1. The topological polar surface area (TPSA) is 75.6 Å². The van der Waals surface area contributed by atoms with E-state index in [-0.39, 0.29) is 12.5 Å². The number of carbonyl (C=O) groups is 2. The number of unbranched alkanes of at least 4 members (excludes halogenated alkanes) is 5. The van der Waals surface area contributed by atoms with Crippen molar-refractivity contribution in [1.82, 2.24) is 5.32 Å². The Hall–Kier alpha value is -1.10. The highest BCUT2D eigenvalue weighted by molar-refractivity contribution is 5.78. The molecular formula is C13H25NO4. The Kier molecular flexibility index (Phi) is 10.3. The molecule has 0 rings (SSSR count). The third-order valence-corrected chi connectivity index (χ3v) is 2.72. The van der Waals surface area contributed by atoms with E-state index >= 15 is 0 Å². The van der Waals surface area contributed by atoms with Gasteiger partial charge in [0.25, 0.3) is 0 Å². The van der Waals surface area contributed by atoms with Gasteiger partial charge in [-0.15, -0.1) is 0 Å². The van der Waals surface area contributed by atoms with E-state index in [0.717, 1.165) is 19.3 Å². The SMILES string of the molecule is CCCCCCCCC(=O)NCC(O)C(=O)OC. The number of aliphatic hydroxyl groups is 1. The quantitative estimate of drug-likeness (QED) is 0.459. The number of esters is 1. The summed E-state index contributed by atoms with van der Waals surface area (Å²) < 4.78 is 4.34. The average molecular weight is 259 g/mol. The average Bonchev–Trinajstić information content (AvgIpc) is 2.38. The minimum atomic E-state index is -1.27. The van der Waals surface area contributed by atoms with Gasteiger partial charge < -0.3 is 15.2 Å². The lowest BCUT2D eigenvalue weighted by atomic mass is 10.1. The van der Waals surface area contributed by atoms with Crippen LogP contribution in [0.15, 0.2) is 0 Å². The van der Waals surface area contributed by atoms with Crippen molar-refractivity contribution < 1.29 is 19.4 Å². The van der Waals surface area contributed by atoms with Crippen molar-refractivity contribution >= 4 is 11.9 Å². The van der Waals surface area contributed by atoms with E-state index in [1.54, 1.807) is 0 Å². The largest absolute Gasteiger partial charge is 0.467 e. The Morgan fingerprint density at radius 1 is 1.17 bits per heavy atom. The highest BCUT2D eigenvalue weighted by atomic mass is 16.5. The normalized spacial score (nSPS) is 11.9. The van der Waals surface area contributed by atoms with Crippen molar-refractivity contribution in [2.45, 2.75) is 58.0 Å². The second kappa shape index (κ2) is 11.0. The monoisotopic (exact) mass is 259 g/mol. The van der Waals surface area contributed by atoms with E-state index in [4.69, 9.17) is 0 Å². The number of carbonyl (C=O) groups excluding carboxylic acids is 2. The molecule has 0 fully saturated rings. The summed E-state index contributed by atoms with van der Waals surface area (Å²) in [5, 5.41) is 11.8. The van der Waals surface area contributed by atoms with E-state index in [1.165, 1.54) is 26.4 Å². The first kappa shape index (κ1) is 16.9. The van der Waals surface area contributed by atoms with Crippen molar-refractivity contribution in [2.75, 3.05) is 13.7 Å². The Balaban J connectivity index is 3.45. The molecule has 5 heteroatoms. The fraction of sp³-hybridized carbons (Fsp3) is 0.846. The number of hydrogen-bond donors (Lipinski definition) is 2. The zero-order valence-corrected chi connectivity index (χ0v) is 11.4. The molecule has 0 bridgehead atoms. The summed E-state index contributed by atoms with van der Waals surface area (Å²) in [5.41, 5.74) is 0. The molecule has 0 aromatic carbocycles. The van der Waals surface area contributed by atoms with Crippen LogP contribution in [0.25, 0.3) is 0 Å². The van der Waals surface area contributed by atoms with E-state index in [9.17, 15) is 14.7 Å². The summed E-state index contributed by atoms with van der Waals surface area (Å²) in [7, 11) is 1.20. The number of hydrogen-bond acceptors (Lipinski definition) is 4. The molecule has 0 aliphatic carbocycles. The van der Waals surface area contributed by atoms with Gasteiger partial charge in [-0.05, 0) is 6.42 Å².